The van der Waals surface area contributed by atoms with Crippen molar-refractivity contribution >= 4 is 34.1 Å². The SMILES string of the molecule is COCCNC(=O)C(C)NC(=O)c1sc(N(C)C)nc1N. The van der Waals surface area contributed by atoms with E-state index in [0.717, 1.165) is 0 Å². The molecule has 9 heteroatoms. The van der Waals surface area contributed by atoms with Crippen molar-refractivity contribution in [1.82, 2.24) is 15.6 Å². The second-order valence-electron chi connectivity index (χ2n) is 4.58. The van der Waals surface area contributed by atoms with Crippen molar-refractivity contribution in [1.29, 1.82) is 0 Å². The number of nitrogens with two attached hydrogens (primary N) is 1. The lowest BCUT2D eigenvalue weighted by atomic mass is 10.3. The van der Waals surface area contributed by atoms with Gasteiger partial charge in [-0.25, -0.2) is 4.98 Å². The van der Waals surface area contributed by atoms with E-state index in [1.54, 1.807) is 18.9 Å². The Morgan fingerprint density at radius 2 is 2.14 bits per heavy atom. The first kappa shape index (κ1) is 17.2. The first-order valence-electron chi connectivity index (χ1n) is 6.38. The van der Waals surface area contributed by atoms with Crippen LogP contribution in [0.25, 0.3) is 0 Å². The van der Waals surface area contributed by atoms with E-state index in [1.807, 2.05) is 14.1 Å². The second-order valence-corrected chi connectivity index (χ2v) is 5.56. The van der Waals surface area contributed by atoms with Crippen LogP contribution in [0.2, 0.25) is 0 Å². The van der Waals surface area contributed by atoms with Crippen LogP contribution in [0.4, 0.5) is 10.9 Å². The van der Waals surface area contributed by atoms with Gasteiger partial charge in [-0.05, 0) is 6.92 Å². The van der Waals surface area contributed by atoms with Gasteiger partial charge in [-0.3, -0.25) is 9.59 Å². The number of methoxy groups -OCH3 is 1. The van der Waals surface area contributed by atoms with E-state index in [1.165, 1.54) is 11.3 Å². The van der Waals surface area contributed by atoms with Crippen molar-refractivity contribution in [3.8, 4) is 0 Å². The number of nitrogen functional groups attached to an aromatic ring is 1. The molecule has 1 rings (SSSR count). The number of hydrogen-bond acceptors (Lipinski definition) is 7. The molecule has 1 aromatic heterocycles. The summed E-state index contributed by atoms with van der Waals surface area (Å²) in [6.07, 6.45) is 0. The second kappa shape index (κ2) is 7.79. The fraction of sp³-hybridized carbons (Fsp3) is 0.583. The molecule has 8 nitrogen and oxygen atoms in total. The number of ether oxygens (including phenoxy) is 1. The number of nitrogens with zero attached hydrogens (tertiary/aromatic N) is 2. The summed E-state index contributed by atoms with van der Waals surface area (Å²) in [7, 11) is 5.17. The first-order chi connectivity index (χ1) is 9.86. The van der Waals surface area contributed by atoms with Gasteiger partial charge in [-0.1, -0.05) is 11.3 Å². The third-order valence-corrected chi connectivity index (χ3v) is 3.81. The Bertz CT molecular complexity index is 503. The van der Waals surface area contributed by atoms with Crippen molar-refractivity contribution in [2.24, 2.45) is 0 Å². The molecule has 0 aliphatic rings. The highest BCUT2D eigenvalue weighted by Crippen LogP contribution is 2.26. The predicted molar refractivity (Wildman–Crippen MR) is 82.7 cm³/mol. The average Bonchev–Trinajstić information content (AvgIpc) is 2.81. The van der Waals surface area contributed by atoms with Crippen LogP contribution in [0.3, 0.4) is 0 Å². The Hall–Kier alpha value is -1.87. The minimum atomic E-state index is -0.668. The van der Waals surface area contributed by atoms with Gasteiger partial charge in [0.1, 0.15) is 16.7 Å². The Labute approximate surface area is 127 Å². The normalized spacial score (nSPS) is 11.8. The molecule has 0 saturated carbocycles. The number of carbonyl (C=O) groups is 2. The van der Waals surface area contributed by atoms with E-state index >= 15 is 0 Å². The summed E-state index contributed by atoms with van der Waals surface area (Å²) in [6.45, 7) is 2.41. The van der Waals surface area contributed by atoms with Crippen molar-refractivity contribution < 1.29 is 14.3 Å². The number of carbonyl (C=O) groups excluding carboxylic acids is 2. The molecule has 0 radical (unpaired) electrons. The van der Waals surface area contributed by atoms with Crippen LogP contribution in [-0.4, -0.2) is 57.2 Å². The zero-order valence-electron chi connectivity index (χ0n) is 12.6. The Kier molecular flexibility index (Phi) is 6.38. The highest BCUT2D eigenvalue weighted by Gasteiger charge is 2.21. The van der Waals surface area contributed by atoms with Gasteiger partial charge in [-0.2, -0.15) is 0 Å². The summed E-state index contributed by atoms with van der Waals surface area (Å²) in [6, 6.07) is -0.668. The lowest BCUT2D eigenvalue weighted by Crippen LogP contribution is -2.45. The largest absolute Gasteiger partial charge is 0.383 e. The van der Waals surface area contributed by atoms with Crippen LogP contribution in [0.5, 0.6) is 0 Å². The van der Waals surface area contributed by atoms with Crippen LogP contribution in [-0.2, 0) is 9.53 Å². The standard InChI is InChI=1S/C12H21N5O3S/c1-7(10(18)14-5-6-20-4)15-11(19)8-9(13)16-12(21-8)17(2)3/h7H,5-6,13H2,1-4H3,(H,14,18)(H,15,19). The van der Waals surface area contributed by atoms with E-state index < -0.39 is 11.9 Å². The molecule has 0 spiro atoms. The topological polar surface area (TPSA) is 110 Å². The molecule has 1 heterocycles. The summed E-state index contributed by atoms with van der Waals surface area (Å²) in [5.41, 5.74) is 5.72. The highest BCUT2D eigenvalue weighted by molar-refractivity contribution is 7.18. The minimum absolute atomic E-state index is 0.160. The molecule has 0 fully saturated rings. The predicted octanol–water partition coefficient (Wildman–Crippen LogP) is -0.328. The van der Waals surface area contributed by atoms with Gasteiger partial charge in [0.2, 0.25) is 5.91 Å². The molecule has 0 bridgehead atoms. The summed E-state index contributed by atoms with van der Waals surface area (Å²) < 4.78 is 4.83. The lowest BCUT2D eigenvalue weighted by molar-refractivity contribution is -0.122. The maximum atomic E-state index is 12.1. The molecule has 21 heavy (non-hydrogen) atoms. The molecular formula is C12H21N5O3S. The monoisotopic (exact) mass is 315 g/mol. The summed E-state index contributed by atoms with van der Waals surface area (Å²) in [5.74, 6) is -0.531. The zero-order chi connectivity index (χ0) is 16.0. The number of aromatic nitrogens is 1. The van der Waals surface area contributed by atoms with Crippen LogP contribution in [0.1, 0.15) is 16.6 Å². The molecular weight excluding hydrogens is 294 g/mol. The van der Waals surface area contributed by atoms with E-state index in [0.29, 0.717) is 23.2 Å². The Morgan fingerprint density at radius 3 is 2.67 bits per heavy atom. The molecule has 1 atom stereocenters. The molecule has 1 unspecified atom stereocenters. The van der Waals surface area contributed by atoms with E-state index in [9.17, 15) is 9.59 Å². The van der Waals surface area contributed by atoms with E-state index in [-0.39, 0.29) is 11.7 Å². The van der Waals surface area contributed by atoms with Gasteiger partial charge < -0.3 is 26.0 Å². The number of hydrogen-bond donors (Lipinski definition) is 3. The highest BCUT2D eigenvalue weighted by atomic mass is 32.1. The molecule has 0 aromatic carbocycles. The number of rotatable bonds is 7. The Balaban J connectivity index is 2.62. The number of amides is 2. The van der Waals surface area contributed by atoms with Gasteiger partial charge in [0.15, 0.2) is 5.13 Å². The maximum absolute atomic E-state index is 12.1. The van der Waals surface area contributed by atoms with Crippen molar-refractivity contribution in [2.75, 3.05) is 45.0 Å². The summed E-state index contributed by atoms with van der Waals surface area (Å²) in [5, 5.41) is 5.88. The molecule has 4 N–H and O–H groups in total. The number of thiazole rings is 1. The van der Waals surface area contributed by atoms with E-state index in [4.69, 9.17) is 10.5 Å². The molecule has 0 saturated heterocycles. The molecule has 0 aliphatic carbocycles. The van der Waals surface area contributed by atoms with Crippen LogP contribution in [0, 0.1) is 0 Å². The Morgan fingerprint density at radius 1 is 1.48 bits per heavy atom. The third kappa shape index (κ3) is 4.87. The van der Waals surface area contributed by atoms with Crippen LogP contribution >= 0.6 is 11.3 Å². The van der Waals surface area contributed by atoms with E-state index in [2.05, 4.69) is 15.6 Å². The van der Waals surface area contributed by atoms with Crippen molar-refractivity contribution in [3.05, 3.63) is 4.88 Å². The quantitative estimate of drug-likeness (QED) is 0.595. The smallest absolute Gasteiger partial charge is 0.265 e. The third-order valence-electron chi connectivity index (χ3n) is 2.58. The molecule has 118 valence electrons. The van der Waals surface area contributed by atoms with Gasteiger partial charge >= 0.3 is 0 Å². The van der Waals surface area contributed by atoms with Gasteiger partial charge in [-0.15, -0.1) is 0 Å². The van der Waals surface area contributed by atoms with Gasteiger partial charge in [0.05, 0.1) is 6.61 Å². The molecule has 0 aliphatic heterocycles. The number of anilines is 2. The molecule has 2 amide bonds. The first-order valence-corrected chi connectivity index (χ1v) is 7.19. The van der Waals surface area contributed by atoms with Crippen molar-refractivity contribution in [2.45, 2.75) is 13.0 Å². The van der Waals surface area contributed by atoms with Crippen LogP contribution < -0.4 is 21.3 Å². The lowest BCUT2D eigenvalue weighted by Gasteiger charge is -2.13. The zero-order valence-corrected chi connectivity index (χ0v) is 13.4. The number of nitrogens with one attached hydrogen (secondary N) is 2. The van der Waals surface area contributed by atoms with Gasteiger partial charge in [0, 0.05) is 27.7 Å². The van der Waals surface area contributed by atoms with Gasteiger partial charge in [0.25, 0.3) is 5.91 Å². The minimum Gasteiger partial charge on any atom is -0.383 e. The van der Waals surface area contributed by atoms with Crippen molar-refractivity contribution in [3.63, 3.8) is 0 Å². The fourth-order valence-electron chi connectivity index (χ4n) is 1.43. The fourth-order valence-corrected chi connectivity index (χ4v) is 2.24. The molecule has 1 aromatic rings. The summed E-state index contributed by atoms with van der Waals surface area (Å²) >= 11 is 1.18. The average molecular weight is 315 g/mol. The van der Waals surface area contributed by atoms with Crippen LogP contribution in [0.15, 0.2) is 0 Å². The summed E-state index contributed by atoms with van der Waals surface area (Å²) in [4.78, 5) is 30.0. The maximum Gasteiger partial charge on any atom is 0.265 e.